The second kappa shape index (κ2) is 5.25. The van der Waals surface area contributed by atoms with E-state index in [1.807, 2.05) is 16.8 Å². The highest BCUT2D eigenvalue weighted by atomic mass is 16.3. The average molecular weight is 240 g/mol. The van der Waals surface area contributed by atoms with Gasteiger partial charge >= 0.3 is 6.03 Å². The van der Waals surface area contributed by atoms with Crippen molar-refractivity contribution in [2.24, 2.45) is 11.8 Å². The number of amides is 2. The van der Waals surface area contributed by atoms with Crippen LogP contribution in [-0.4, -0.2) is 53.7 Å². The smallest absolute Gasteiger partial charge is 0.319 e. The Hall–Kier alpha value is -0.770. The molecule has 0 aromatic rings. The first-order valence-electron chi connectivity index (χ1n) is 6.74. The molecule has 1 saturated carbocycles. The minimum Gasteiger partial charge on any atom is -0.393 e. The minimum atomic E-state index is -0.126. The zero-order valence-electron chi connectivity index (χ0n) is 10.9. The van der Waals surface area contributed by atoms with Crippen LogP contribution in [0.1, 0.15) is 32.6 Å². The van der Waals surface area contributed by atoms with Crippen molar-refractivity contribution in [3.63, 3.8) is 0 Å². The number of aliphatic hydroxyl groups is 1. The Bertz CT molecular complexity index is 269. The van der Waals surface area contributed by atoms with E-state index in [4.69, 9.17) is 0 Å². The summed E-state index contributed by atoms with van der Waals surface area (Å²) in [6.45, 7) is 4.85. The lowest BCUT2D eigenvalue weighted by Crippen LogP contribution is -2.48. The molecule has 0 aromatic carbocycles. The van der Waals surface area contributed by atoms with Crippen molar-refractivity contribution in [1.29, 1.82) is 0 Å². The lowest BCUT2D eigenvalue weighted by Gasteiger charge is -2.38. The van der Waals surface area contributed by atoms with E-state index in [2.05, 4.69) is 6.92 Å². The van der Waals surface area contributed by atoms with Crippen molar-refractivity contribution in [2.75, 3.05) is 26.7 Å². The number of likely N-dealkylation sites (tertiary alicyclic amines) is 1. The van der Waals surface area contributed by atoms with Crippen molar-refractivity contribution in [3.05, 3.63) is 0 Å². The number of urea groups is 1. The van der Waals surface area contributed by atoms with E-state index in [0.29, 0.717) is 5.92 Å². The molecule has 2 rings (SSSR count). The van der Waals surface area contributed by atoms with Crippen LogP contribution in [-0.2, 0) is 0 Å². The SMILES string of the molecule is CC1CCN(C(=O)N(C)CC2CC(O)C2)CC1. The van der Waals surface area contributed by atoms with Gasteiger partial charge in [-0.3, -0.25) is 0 Å². The van der Waals surface area contributed by atoms with Gasteiger partial charge in [-0.15, -0.1) is 0 Å². The molecule has 1 aliphatic carbocycles. The summed E-state index contributed by atoms with van der Waals surface area (Å²) in [6, 6.07) is 0.165. The van der Waals surface area contributed by atoms with Gasteiger partial charge in [0.25, 0.3) is 0 Å². The first kappa shape index (κ1) is 12.7. The Morgan fingerprint density at radius 2 is 1.94 bits per heavy atom. The van der Waals surface area contributed by atoms with E-state index < -0.39 is 0 Å². The third-order valence-electron chi connectivity index (χ3n) is 4.12. The second-order valence-corrected chi connectivity index (χ2v) is 5.82. The van der Waals surface area contributed by atoms with E-state index in [-0.39, 0.29) is 12.1 Å². The standard InChI is InChI=1S/C13H24N2O2/c1-10-3-5-15(6-4-10)13(17)14(2)9-11-7-12(16)8-11/h10-12,16H,3-9H2,1-2H3. The predicted molar refractivity (Wildman–Crippen MR) is 66.7 cm³/mol. The molecular formula is C13H24N2O2. The highest BCUT2D eigenvalue weighted by Gasteiger charge is 2.30. The summed E-state index contributed by atoms with van der Waals surface area (Å²) in [6.07, 6.45) is 3.84. The molecule has 4 nitrogen and oxygen atoms in total. The van der Waals surface area contributed by atoms with Crippen LogP contribution in [0.2, 0.25) is 0 Å². The monoisotopic (exact) mass is 240 g/mol. The zero-order chi connectivity index (χ0) is 12.4. The molecule has 2 aliphatic rings. The summed E-state index contributed by atoms with van der Waals surface area (Å²) >= 11 is 0. The topological polar surface area (TPSA) is 43.8 Å². The van der Waals surface area contributed by atoms with Gasteiger partial charge in [0.05, 0.1) is 6.10 Å². The molecule has 0 radical (unpaired) electrons. The van der Waals surface area contributed by atoms with Crippen molar-refractivity contribution < 1.29 is 9.90 Å². The fourth-order valence-corrected chi connectivity index (χ4v) is 2.76. The molecule has 17 heavy (non-hydrogen) atoms. The molecule has 4 heteroatoms. The van der Waals surface area contributed by atoms with Gasteiger partial charge in [-0.25, -0.2) is 4.79 Å². The van der Waals surface area contributed by atoms with E-state index >= 15 is 0 Å². The molecule has 2 amide bonds. The Kier molecular flexibility index (Phi) is 3.92. The predicted octanol–water partition coefficient (Wildman–Crippen LogP) is 1.54. The van der Waals surface area contributed by atoms with Gasteiger partial charge in [0.2, 0.25) is 0 Å². The van der Waals surface area contributed by atoms with Gasteiger partial charge in [-0.05, 0) is 37.5 Å². The number of hydrogen-bond acceptors (Lipinski definition) is 2. The fraction of sp³-hybridized carbons (Fsp3) is 0.923. The molecule has 98 valence electrons. The van der Waals surface area contributed by atoms with E-state index in [9.17, 15) is 9.90 Å². The van der Waals surface area contributed by atoms with Crippen LogP contribution in [0.25, 0.3) is 0 Å². The van der Waals surface area contributed by atoms with Crippen molar-refractivity contribution in [3.8, 4) is 0 Å². The molecule has 1 heterocycles. The lowest BCUT2D eigenvalue weighted by molar-refractivity contribution is 0.0294. The second-order valence-electron chi connectivity index (χ2n) is 5.82. The van der Waals surface area contributed by atoms with Crippen LogP contribution in [0.3, 0.4) is 0 Å². The van der Waals surface area contributed by atoms with E-state index in [1.54, 1.807) is 0 Å². The zero-order valence-corrected chi connectivity index (χ0v) is 10.9. The van der Waals surface area contributed by atoms with E-state index in [0.717, 1.165) is 51.2 Å². The molecule has 0 aromatic heterocycles. The highest BCUT2D eigenvalue weighted by Crippen LogP contribution is 2.28. The first-order valence-corrected chi connectivity index (χ1v) is 6.74. The van der Waals surface area contributed by atoms with Gasteiger partial charge in [0, 0.05) is 26.7 Å². The van der Waals surface area contributed by atoms with Gasteiger partial charge in [-0.1, -0.05) is 6.92 Å². The van der Waals surface area contributed by atoms with Crippen LogP contribution in [0.15, 0.2) is 0 Å². The number of nitrogens with zero attached hydrogens (tertiary/aromatic N) is 2. The Morgan fingerprint density at radius 3 is 2.47 bits per heavy atom. The lowest BCUT2D eigenvalue weighted by atomic mass is 9.82. The van der Waals surface area contributed by atoms with Crippen LogP contribution >= 0.6 is 0 Å². The molecule has 0 spiro atoms. The largest absolute Gasteiger partial charge is 0.393 e. The molecule has 0 atom stereocenters. The van der Waals surface area contributed by atoms with Crippen LogP contribution in [0, 0.1) is 11.8 Å². The van der Waals surface area contributed by atoms with Gasteiger partial charge in [0.15, 0.2) is 0 Å². The molecule has 0 bridgehead atoms. The third-order valence-corrected chi connectivity index (χ3v) is 4.12. The number of carbonyl (C=O) groups is 1. The first-order chi connectivity index (χ1) is 8.06. The molecule has 2 fully saturated rings. The molecular weight excluding hydrogens is 216 g/mol. The van der Waals surface area contributed by atoms with Gasteiger partial charge < -0.3 is 14.9 Å². The summed E-state index contributed by atoms with van der Waals surface area (Å²) in [5.74, 6) is 1.26. The quantitative estimate of drug-likeness (QED) is 0.795. The summed E-state index contributed by atoms with van der Waals surface area (Å²) < 4.78 is 0. The maximum Gasteiger partial charge on any atom is 0.319 e. The van der Waals surface area contributed by atoms with Crippen LogP contribution in [0.4, 0.5) is 4.79 Å². The number of rotatable bonds is 2. The number of hydrogen-bond donors (Lipinski definition) is 1. The Balaban J connectivity index is 1.74. The van der Waals surface area contributed by atoms with Crippen molar-refractivity contribution >= 4 is 6.03 Å². The Labute approximate surface area is 104 Å². The van der Waals surface area contributed by atoms with Crippen LogP contribution in [0.5, 0.6) is 0 Å². The molecule has 1 aliphatic heterocycles. The van der Waals surface area contributed by atoms with Crippen LogP contribution < -0.4 is 0 Å². The highest BCUT2D eigenvalue weighted by molar-refractivity contribution is 5.74. The summed E-state index contributed by atoms with van der Waals surface area (Å²) in [5.41, 5.74) is 0. The molecule has 1 saturated heterocycles. The van der Waals surface area contributed by atoms with Gasteiger partial charge in [-0.2, -0.15) is 0 Å². The summed E-state index contributed by atoms with van der Waals surface area (Å²) in [4.78, 5) is 15.9. The Morgan fingerprint density at radius 1 is 1.35 bits per heavy atom. The summed E-state index contributed by atoms with van der Waals surface area (Å²) in [7, 11) is 1.88. The maximum atomic E-state index is 12.2. The fourth-order valence-electron chi connectivity index (χ4n) is 2.76. The average Bonchev–Trinajstić information content (AvgIpc) is 2.27. The number of aliphatic hydroxyl groups excluding tert-OH is 1. The van der Waals surface area contributed by atoms with Crippen molar-refractivity contribution in [1.82, 2.24) is 9.80 Å². The third kappa shape index (κ3) is 3.12. The summed E-state index contributed by atoms with van der Waals surface area (Å²) in [5, 5.41) is 9.23. The number of piperidine rings is 1. The van der Waals surface area contributed by atoms with Crippen molar-refractivity contribution in [2.45, 2.75) is 38.7 Å². The number of carbonyl (C=O) groups excluding carboxylic acids is 1. The maximum absolute atomic E-state index is 12.2. The minimum absolute atomic E-state index is 0.126. The van der Waals surface area contributed by atoms with Gasteiger partial charge in [0.1, 0.15) is 0 Å². The normalized spacial score (nSPS) is 29.9. The van der Waals surface area contributed by atoms with E-state index in [1.165, 1.54) is 0 Å². The molecule has 0 unspecified atom stereocenters. The molecule has 1 N–H and O–H groups in total.